The third kappa shape index (κ3) is 6.79. The zero-order valence-electron chi connectivity index (χ0n) is 16.6. The summed E-state index contributed by atoms with van der Waals surface area (Å²) in [5, 5.41) is 12.9. The minimum Gasteiger partial charge on any atom is -0.481 e. The normalized spacial score (nSPS) is 17.9. The lowest BCUT2D eigenvalue weighted by atomic mass is 9.85. The average Bonchev–Trinajstić information content (AvgIpc) is 3.13. The van der Waals surface area contributed by atoms with Crippen LogP contribution in [0.4, 0.5) is 0 Å². The number of carbonyl (C=O) groups is 1. The fourth-order valence-corrected chi connectivity index (χ4v) is 3.59. The van der Waals surface area contributed by atoms with Crippen molar-refractivity contribution in [2.24, 2.45) is 11.8 Å². The predicted molar refractivity (Wildman–Crippen MR) is 105 cm³/mol. The van der Waals surface area contributed by atoms with Crippen molar-refractivity contribution >= 4 is 5.97 Å². The number of nitrogens with zero attached hydrogens (tertiary/aromatic N) is 1. The fraction of sp³-hybridized carbons (Fsp3) is 0.667. The molecule has 4 nitrogen and oxygen atoms in total. The zero-order chi connectivity index (χ0) is 18.8. The molecular formula is C21H36N2O2. The number of carboxylic acids is 1. The van der Waals surface area contributed by atoms with Gasteiger partial charge in [0.1, 0.15) is 0 Å². The molecule has 1 aromatic carbocycles. The summed E-state index contributed by atoms with van der Waals surface area (Å²) in [6, 6.07) is 6.56. The van der Waals surface area contributed by atoms with Gasteiger partial charge < -0.3 is 10.4 Å². The number of benzene rings is 1. The molecule has 1 aliphatic rings. The largest absolute Gasteiger partial charge is 0.481 e. The summed E-state index contributed by atoms with van der Waals surface area (Å²) < 4.78 is 0. The molecular weight excluding hydrogens is 312 g/mol. The van der Waals surface area contributed by atoms with Crippen LogP contribution in [0.3, 0.4) is 0 Å². The van der Waals surface area contributed by atoms with E-state index in [4.69, 9.17) is 0 Å². The van der Waals surface area contributed by atoms with Crippen LogP contribution in [0.1, 0.15) is 50.8 Å². The quantitative estimate of drug-likeness (QED) is 0.752. The summed E-state index contributed by atoms with van der Waals surface area (Å²) in [4.78, 5) is 14.1. The Morgan fingerprint density at radius 1 is 1.24 bits per heavy atom. The highest BCUT2D eigenvalue weighted by molar-refractivity contribution is 5.71. The molecule has 1 saturated heterocycles. The number of rotatable bonds is 8. The monoisotopic (exact) mass is 348 g/mol. The van der Waals surface area contributed by atoms with E-state index in [1.165, 1.54) is 11.1 Å². The van der Waals surface area contributed by atoms with Crippen molar-refractivity contribution in [2.45, 2.75) is 54.0 Å². The van der Waals surface area contributed by atoms with Gasteiger partial charge in [0.25, 0.3) is 0 Å². The second-order valence-corrected chi connectivity index (χ2v) is 6.69. The first-order chi connectivity index (χ1) is 12.0. The van der Waals surface area contributed by atoms with Crippen molar-refractivity contribution in [1.29, 1.82) is 0 Å². The van der Waals surface area contributed by atoms with Crippen molar-refractivity contribution in [2.75, 3.05) is 26.2 Å². The van der Waals surface area contributed by atoms with Crippen LogP contribution in [0, 0.1) is 18.8 Å². The molecule has 1 heterocycles. The molecule has 0 aromatic heterocycles. The van der Waals surface area contributed by atoms with Gasteiger partial charge >= 0.3 is 5.97 Å². The first-order valence-corrected chi connectivity index (χ1v) is 9.78. The SMILES string of the molecule is CC.CCN(CC)Cc1cc(C)cc(CC(C(=O)O)C2CCNC2)c1. The van der Waals surface area contributed by atoms with Crippen LogP contribution in [0.2, 0.25) is 0 Å². The average molecular weight is 349 g/mol. The van der Waals surface area contributed by atoms with E-state index in [9.17, 15) is 9.90 Å². The molecule has 0 aliphatic carbocycles. The van der Waals surface area contributed by atoms with Gasteiger partial charge in [0, 0.05) is 6.54 Å². The van der Waals surface area contributed by atoms with Crippen LogP contribution in [0.15, 0.2) is 18.2 Å². The van der Waals surface area contributed by atoms with Gasteiger partial charge in [0.2, 0.25) is 0 Å². The van der Waals surface area contributed by atoms with Crippen molar-refractivity contribution in [3.05, 3.63) is 34.9 Å². The van der Waals surface area contributed by atoms with E-state index < -0.39 is 5.97 Å². The Kier molecular flexibility index (Phi) is 9.76. The molecule has 0 saturated carbocycles. The van der Waals surface area contributed by atoms with Gasteiger partial charge in [-0.25, -0.2) is 0 Å². The maximum atomic E-state index is 11.7. The Balaban J connectivity index is 0.00000151. The van der Waals surface area contributed by atoms with Gasteiger partial charge in [-0.15, -0.1) is 0 Å². The molecule has 0 spiro atoms. The van der Waals surface area contributed by atoms with Crippen LogP contribution in [-0.2, 0) is 17.8 Å². The van der Waals surface area contributed by atoms with E-state index in [-0.39, 0.29) is 11.8 Å². The van der Waals surface area contributed by atoms with Crippen LogP contribution >= 0.6 is 0 Å². The van der Waals surface area contributed by atoms with Gasteiger partial charge in [-0.1, -0.05) is 51.5 Å². The number of aliphatic carboxylic acids is 1. The summed E-state index contributed by atoms with van der Waals surface area (Å²) >= 11 is 0. The van der Waals surface area contributed by atoms with Crippen molar-refractivity contribution in [1.82, 2.24) is 10.2 Å². The maximum Gasteiger partial charge on any atom is 0.307 e. The Morgan fingerprint density at radius 3 is 2.40 bits per heavy atom. The molecule has 1 aliphatic heterocycles. The molecule has 2 unspecified atom stereocenters. The molecule has 25 heavy (non-hydrogen) atoms. The summed E-state index contributed by atoms with van der Waals surface area (Å²) in [6.07, 6.45) is 1.60. The number of aryl methyl sites for hydroxylation is 1. The van der Waals surface area contributed by atoms with Crippen LogP contribution in [0.5, 0.6) is 0 Å². The smallest absolute Gasteiger partial charge is 0.307 e. The van der Waals surface area contributed by atoms with Gasteiger partial charge in [0.05, 0.1) is 5.92 Å². The van der Waals surface area contributed by atoms with Crippen molar-refractivity contribution in [3.63, 3.8) is 0 Å². The first kappa shape index (κ1) is 21.7. The van der Waals surface area contributed by atoms with Crippen LogP contribution in [0.25, 0.3) is 0 Å². The summed E-state index contributed by atoms with van der Waals surface area (Å²) in [5.74, 6) is -0.696. The Bertz CT molecular complexity index is 521. The number of carboxylic acid groups (broad SMARTS) is 1. The third-order valence-electron chi connectivity index (χ3n) is 4.94. The Hall–Kier alpha value is -1.39. The molecule has 2 atom stereocenters. The summed E-state index contributed by atoms with van der Waals surface area (Å²) in [5.41, 5.74) is 3.67. The third-order valence-corrected chi connectivity index (χ3v) is 4.94. The lowest BCUT2D eigenvalue weighted by Gasteiger charge is -2.21. The number of hydrogen-bond acceptors (Lipinski definition) is 3. The van der Waals surface area contributed by atoms with Gasteiger partial charge in [0.15, 0.2) is 0 Å². The van der Waals surface area contributed by atoms with E-state index in [0.717, 1.165) is 44.7 Å². The molecule has 2 N–H and O–H groups in total. The first-order valence-electron chi connectivity index (χ1n) is 9.78. The lowest BCUT2D eigenvalue weighted by molar-refractivity contribution is -0.143. The molecule has 142 valence electrons. The Labute approximate surface area is 153 Å². The lowest BCUT2D eigenvalue weighted by Crippen LogP contribution is -2.27. The fourth-order valence-electron chi connectivity index (χ4n) is 3.59. The maximum absolute atomic E-state index is 11.7. The highest BCUT2D eigenvalue weighted by Gasteiger charge is 2.30. The van der Waals surface area contributed by atoms with Crippen LogP contribution < -0.4 is 5.32 Å². The Morgan fingerprint density at radius 2 is 1.88 bits per heavy atom. The number of nitrogens with one attached hydrogen (secondary N) is 1. The molecule has 4 heteroatoms. The second-order valence-electron chi connectivity index (χ2n) is 6.69. The van der Waals surface area contributed by atoms with E-state index in [2.05, 4.69) is 49.2 Å². The second kappa shape index (κ2) is 11.3. The predicted octanol–water partition coefficient (Wildman–Crippen LogP) is 3.72. The molecule has 0 amide bonds. The van der Waals surface area contributed by atoms with Crippen LogP contribution in [-0.4, -0.2) is 42.2 Å². The highest BCUT2D eigenvalue weighted by atomic mass is 16.4. The standard InChI is InChI=1S/C19H30N2O2.C2H6/c1-4-21(5-2)13-16-9-14(3)8-15(10-16)11-18(19(22)23)17-6-7-20-12-17;1-2/h8-10,17-18,20H,4-7,11-13H2,1-3H3,(H,22,23);1-2H3. The molecule has 1 fully saturated rings. The summed E-state index contributed by atoms with van der Waals surface area (Å²) in [7, 11) is 0. The highest BCUT2D eigenvalue weighted by Crippen LogP contribution is 2.25. The van der Waals surface area contributed by atoms with E-state index in [1.807, 2.05) is 13.8 Å². The minimum atomic E-state index is -0.662. The molecule has 2 rings (SSSR count). The topological polar surface area (TPSA) is 52.6 Å². The molecule has 0 bridgehead atoms. The zero-order valence-corrected chi connectivity index (χ0v) is 16.6. The van der Waals surface area contributed by atoms with Crippen molar-refractivity contribution < 1.29 is 9.90 Å². The molecule has 1 aromatic rings. The van der Waals surface area contributed by atoms with Gasteiger partial charge in [-0.05, 0) is 63.0 Å². The van der Waals surface area contributed by atoms with E-state index >= 15 is 0 Å². The van der Waals surface area contributed by atoms with E-state index in [0.29, 0.717) is 6.42 Å². The van der Waals surface area contributed by atoms with E-state index in [1.54, 1.807) is 0 Å². The van der Waals surface area contributed by atoms with Gasteiger partial charge in [-0.3, -0.25) is 9.69 Å². The van der Waals surface area contributed by atoms with Gasteiger partial charge in [-0.2, -0.15) is 0 Å². The summed E-state index contributed by atoms with van der Waals surface area (Å²) in [6.45, 7) is 15.2. The minimum absolute atomic E-state index is 0.249. The van der Waals surface area contributed by atoms with Crippen molar-refractivity contribution in [3.8, 4) is 0 Å². The number of hydrogen-bond donors (Lipinski definition) is 2. The molecule has 0 radical (unpaired) electrons.